The lowest BCUT2D eigenvalue weighted by atomic mass is 10.2. The van der Waals surface area contributed by atoms with Crippen molar-refractivity contribution in [2.75, 3.05) is 6.54 Å². The molecule has 3 rings (SSSR count). The molecule has 0 saturated heterocycles. The highest BCUT2D eigenvalue weighted by Crippen LogP contribution is 2.29. The number of phenols is 1. The topological polar surface area (TPSA) is 69.6 Å². The Hall–Kier alpha value is -2.08. The molecule has 0 fully saturated rings. The second kappa shape index (κ2) is 6.58. The number of phenolic OH excluding ortho intramolecular Hbond substituents is 1. The molecule has 0 spiro atoms. The molecule has 0 bridgehead atoms. The third kappa shape index (κ3) is 3.47. The molecule has 0 aliphatic rings. The predicted octanol–water partition coefficient (Wildman–Crippen LogP) is 3.72. The Morgan fingerprint density at radius 1 is 1.22 bits per heavy atom. The number of nitrogens with one attached hydrogen (secondary N) is 1. The smallest absolute Gasteiger partial charge is 0.251 e. The van der Waals surface area contributed by atoms with E-state index in [-0.39, 0.29) is 23.2 Å². The van der Waals surface area contributed by atoms with E-state index in [0.717, 1.165) is 15.0 Å². The Bertz CT molecular complexity index is 829. The molecule has 1 amide bonds. The Morgan fingerprint density at radius 3 is 2.74 bits per heavy atom. The van der Waals surface area contributed by atoms with Crippen LogP contribution in [0.15, 0.2) is 48.5 Å². The molecule has 3 aromatic rings. The van der Waals surface area contributed by atoms with Gasteiger partial charge >= 0.3 is 0 Å². The van der Waals surface area contributed by atoms with E-state index in [1.165, 1.54) is 29.5 Å². The van der Waals surface area contributed by atoms with Crippen molar-refractivity contribution in [3.8, 4) is 5.75 Å². The fraction of sp³-hybridized carbons (Fsp3) is 0.118. The van der Waals surface area contributed by atoms with Crippen LogP contribution in [0.2, 0.25) is 5.02 Å². The summed E-state index contributed by atoms with van der Waals surface area (Å²) in [6.45, 7) is 0.101. The molecule has 1 atom stereocenters. The van der Waals surface area contributed by atoms with E-state index in [4.69, 9.17) is 11.6 Å². The first-order chi connectivity index (χ1) is 11.0. The second-order valence-corrected chi connectivity index (χ2v) is 6.60. The van der Waals surface area contributed by atoms with E-state index < -0.39 is 6.10 Å². The summed E-state index contributed by atoms with van der Waals surface area (Å²) in [5.41, 5.74) is 0.330. The summed E-state index contributed by atoms with van der Waals surface area (Å²) in [6.07, 6.45) is -0.774. The summed E-state index contributed by atoms with van der Waals surface area (Å²) in [5, 5.41) is 23.5. The maximum absolute atomic E-state index is 12.1. The summed E-state index contributed by atoms with van der Waals surface area (Å²) in [7, 11) is 0. The van der Waals surface area contributed by atoms with Crippen LogP contribution in [0.1, 0.15) is 21.3 Å². The van der Waals surface area contributed by atoms with E-state index in [1.54, 1.807) is 0 Å². The van der Waals surface area contributed by atoms with Crippen molar-refractivity contribution < 1.29 is 15.0 Å². The Labute approximate surface area is 142 Å². The van der Waals surface area contributed by atoms with Crippen molar-refractivity contribution in [1.29, 1.82) is 0 Å². The summed E-state index contributed by atoms with van der Waals surface area (Å²) in [5.74, 6) is -0.430. The number of carbonyl (C=O) groups excluding carboxylic acids is 1. The molecule has 3 N–H and O–H groups in total. The predicted molar refractivity (Wildman–Crippen MR) is 92.2 cm³/mol. The van der Waals surface area contributed by atoms with Crippen molar-refractivity contribution in [2.24, 2.45) is 0 Å². The van der Waals surface area contributed by atoms with Crippen LogP contribution in [0.3, 0.4) is 0 Å². The molecule has 1 aromatic heterocycles. The number of aliphatic hydroxyl groups excluding tert-OH is 1. The molecule has 118 valence electrons. The number of hydrogen-bond acceptors (Lipinski definition) is 4. The lowest BCUT2D eigenvalue weighted by Crippen LogP contribution is -2.28. The van der Waals surface area contributed by atoms with Crippen molar-refractivity contribution in [3.05, 3.63) is 64.0 Å². The first-order valence-electron chi connectivity index (χ1n) is 6.98. The normalized spacial score (nSPS) is 12.3. The Morgan fingerprint density at radius 2 is 2.00 bits per heavy atom. The van der Waals surface area contributed by atoms with Gasteiger partial charge in [-0.2, -0.15) is 0 Å². The number of aliphatic hydroxyl groups is 1. The van der Waals surface area contributed by atoms with Crippen molar-refractivity contribution >= 4 is 38.9 Å². The van der Waals surface area contributed by atoms with Gasteiger partial charge in [-0.1, -0.05) is 29.8 Å². The SMILES string of the molecule is O=C(NCC(O)c1cc2ccccc2s1)c1ccc(O)c(Cl)c1. The largest absolute Gasteiger partial charge is 0.506 e. The van der Waals surface area contributed by atoms with Crippen LogP contribution >= 0.6 is 22.9 Å². The lowest BCUT2D eigenvalue weighted by molar-refractivity contribution is 0.0918. The van der Waals surface area contributed by atoms with Crippen LogP contribution in [0.25, 0.3) is 10.1 Å². The maximum Gasteiger partial charge on any atom is 0.251 e. The molecule has 0 saturated carbocycles. The van der Waals surface area contributed by atoms with Crippen LogP contribution < -0.4 is 5.32 Å². The minimum absolute atomic E-state index is 0.0754. The summed E-state index contributed by atoms with van der Waals surface area (Å²) in [6, 6.07) is 14.0. The molecule has 4 nitrogen and oxygen atoms in total. The number of carbonyl (C=O) groups is 1. The number of thiophene rings is 1. The number of halogens is 1. The quantitative estimate of drug-likeness (QED) is 0.673. The van der Waals surface area contributed by atoms with Gasteiger partial charge < -0.3 is 15.5 Å². The fourth-order valence-corrected chi connectivity index (χ4v) is 3.44. The molecule has 1 unspecified atom stereocenters. The number of aromatic hydroxyl groups is 1. The first kappa shape index (κ1) is 15.8. The number of fused-ring (bicyclic) bond motifs is 1. The maximum atomic E-state index is 12.1. The average molecular weight is 348 g/mol. The van der Waals surface area contributed by atoms with E-state index >= 15 is 0 Å². The van der Waals surface area contributed by atoms with E-state index in [9.17, 15) is 15.0 Å². The molecule has 0 radical (unpaired) electrons. The standard InChI is InChI=1S/C17H14ClNO3S/c18-12-7-11(5-6-13(12)20)17(22)19-9-14(21)16-8-10-3-1-2-4-15(10)23-16/h1-8,14,20-21H,9H2,(H,19,22). The molecule has 6 heteroatoms. The monoisotopic (exact) mass is 347 g/mol. The highest BCUT2D eigenvalue weighted by atomic mass is 35.5. The molecular weight excluding hydrogens is 334 g/mol. The van der Waals surface area contributed by atoms with Gasteiger partial charge in [0.05, 0.1) is 5.02 Å². The highest BCUT2D eigenvalue weighted by molar-refractivity contribution is 7.19. The molecule has 23 heavy (non-hydrogen) atoms. The van der Waals surface area contributed by atoms with E-state index in [2.05, 4.69) is 5.32 Å². The zero-order valence-electron chi connectivity index (χ0n) is 12.0. The van der Waals surface area contributed by atoms with Crippen molar-refractivity contribution in [1.82, 2.24) is 5.32 Å². The van der Waals surface area contributed by atoms with Gasteiger partial charge in [-0.05, 0) is 35.7 Å². The van der Waals surface area contributed by atoms with Crippen LogP contribution in [0.4, 0.5) is 0 Å². The van der Waals surface area contributed by atoms with Gasteiger partial charge in [0, 0.05) is 21.7 Å². The zero-order chi connectivity index (χ0) is 16.4. The van der Waals surface area contributed by atoms with Crippen LogP contribution in [-0.2, 0) is 0 Å². The molecular formula is C17H14ClNO3S. The summed E-state index contributed by atoms with van der Waals surface area (Å²) in [4.78, 5) is 12.9. The minimum Gasteiger partial charge on any atom is -0.506 e. The van der Waals surface area contributed by atoms with Crippen LogP contribution in [-0.4, -0.2) is 22.7 Å². The lowest BCUT2D eigenvalue weighted by Gasteiger charge is -2.10. The number of amides is 1. The Kier molecular flexibility index (Phi) is 4.52. The zero-order valence-corrected chi connectivity index (χ0v) is 13.6. The van der Waals surface area contributed by atoms with Crippen LogP contribution in [0, 0.1) is 0 Å². The van der Waals surface area contributed by atoms with E-state index in [1.807, 2.05) is 30.3 Å². The number of rotatable bonds is 4. The molecule has 2 aromatic carbocycles. The fourth-order valence-electron chi connectivity index (χ4n) is 2.21. The molecule has 1 heterocycles. The van der Waals surface area contributed by atoms with Crippen LogP contribution in [0.5, 0.6) is 5.75 Å². The van der Waals surface area contributed by atoms with E-state index in [0.29, 0.717) is 5.56 Å². The molecule has 0 aliphatic heterocycles. The number of benzene rings is 2. The third-order valence-electron chi connectivity index (χ3n) is 3.44. The second-order valence-electron chi connectivity index (χ2n) is 5.08. The highest BCUT2D eigenvalue weighted by Gasteiger charge is 2.14. The average Bonchev–Trinajstić information content (AvgIpc) is 2.99. The van der Waals surface area contributed by atoms with Crippen molar-refractivity contribution in [3.63, 3.8) is 0 Å². The van der Waals surface area contributed by atoms with Gasteiger partial charge in [0.1, 0.15) is 11.9 Å². The molecule has 0 aliphatic carbocycles. The van der Waals surface area contributed by atoms with Crippen molar-refractivity contribution in [2.45, 2.75) is 6.10 Å². The Balaban J connectivity index is 1.67. The minimum atomic E-state index is -0.774. The van der Waals surface area contributed by atoms with Gasteiger partial charge in [-0.15, -0.1) is 11.3 Å². The summed E-state index contributed by atoms with van der Waals surface area (Å²) < 4.78 is 1.10. The third-order valence-corrected chi connectivity index (χ3v) is 4.96. The van der Waals surface area contributed by atoms with Gasteiger partial charge in [-0.3, -0.25) is 4.79 Å². The van der Waals surface area contributed by atoms with Gasteiger partial charge in [0.25, 0.3) is 5.91 Å². The van der Waals surface area contributed by atoms with Gasteiger partial charge in [0.15, 0.2) is 0 Å². The summed E-state index contributed by atoms with van der Waals surface area (Å²) >= 11 is 7.29. The van der Waals surface area contributed by atoms with Gasteiger partial charge in [0.2, 0.25) is 0 Å². The van der Waals surface area contributed by atoms with Gasteiger partial charge in [-0.25, -0.2) is 0 Å². The number of hydrogen-bond donors (Lipinski definition) is 3. The first-order valence-corrected chi connectivity index (χ1v) is 8.17.